The van der Waals surface area contributed by atoms with Crippen LogP contribution in [0.1, 0.15) is 44.0 Å². The van der Waals surface area contributed by atoms with E-state index in [1.54, 1.807) is 6.20 Å². The van der Waals surface area contributed by atoms with E-state index in [9.17, 15) is 4.79 Å². The van der Waals surface area contributed by atoms with Gasteiger partial charge >= 0.3 is 0 Å². The van der Waals surface area contributed by atoms with Gasteiger partial charge in [0.1, 0.15) is 11.5 Å². The SMILES string of the molecule is CC(=O)c1nc(C(C)(C)C)ncc1Br. The van der Waals surface area contributed by atoms with Gasteiger partial charge in [0.2, 0.25) is 0 Å². The molecular formula is C10H13BrN2O. The van der Waals surface area contributed by atoms with Crippen molar-refractivity contribution in [3.63, 3.8) is 0 Å². The number of hydrogen-bond donors (Lipinski definition) is 0. The third-order valence-corrected chi connectivity index (χ3v) is 2.33. The second-order valence-corrected chi connectivity index (χ2v) is 5.05. The molecule has 1 heterocycles. The smallest absolute Gasteiger partial charge is 0.179 e. The van der Waals surface area contributed by atoms with Crippen LogP contribution in [0.3, 0.4) is 0 Å². The Hall–Kier alpha value is -0.770. The summed E-state index contributed by atoms with van der Waals surface area (Å²) in [6.07, 6.45) is 1.63. The van der Waals surface area contributed by atoms with Crippen LogP contribution in [0, 0.1) is 0 Å². The van der Waals surface area contributed by atoms with Crippen molar-refractivity contribution in [1.82, 2.24) is 9.97 Å². The standard InChI is InChI=1S/C10H13BrN2O/c1-6(14)8-7(11)5-12-9(13-8)10(2,3)4/h5H,1-4H3. The van der Waals surface area contributed by atoms with E-state index in [1.807, 2.05) is 20.8 Å². The normalized spacial score (nSPS) is 11.5. The molecule has 0 aliphatic rings. The van der Waals surface area contributed by atoms with E-state index < -0.39 is 0 Å². The number of nitrogens with zero attached hydrogens (tertiary/aromatic N) is 2. The molecule has 0 saturated carbocycles. The van der Waals surface area contributed by atoms with Crippen LogP contribution in [0.2, 0.25) is 0 Å². The highest BCUT2D eigenvalue weighted by Gasteiger charge is 2.19. The molecule has 0 spiro atoms. The van der Waals surface area contributed by atoms with E-state index >= 15 is 0 Å². The lowest BCUT2D eigenvalue weighted by atomic mass is 9.95. The summed E-state index contributed by atoms with van der Waals surface area (Å²) in [6.45, 7) is 7.54. The summed E-state index contributed by atoms with van der Waals surface area (Å²) in [7, 11) is 0. The molecule has 0 saturated heterocycles. The lowest BCUT2D eigenvalue weighted by Crippen LogP contribution is -2.18. The summed E-state index contributed by atoms with van der Waals surface area (Å²) in [5, 5.41) is 0. The molecule has 0 amide bonds. The van der Waals surface area contributed by atoms with Gasteiger partial charge in [0.05, 0.1) is 4.47 Å². The topological polar surface area (TPSA) is 42.9 Å². The Kier molecular flexibility index (Phi) is 3.04. The maximum atomic E-state index is 11.2. The first kappa shape index (κ1) is 11.3. The molecule has 0 aromatic carbocycles. The first-order valence-electron chi connectivity index (χ1n) is 4.36. The molecular weight excluding hydrogens is 244 g/mol. The zero-order chi connectivity index (χ0) is 10.9. The minimum atomic E-state index is -0.134. The van der Waals surface area contributed by atoms with Crippen molar-refractivity contribution in [2.75, 3.05) is 0 Å². The Labute approximate surface area is 92.1 Å². The predicted octanol–water partition coefficient (Wildman–Crippen LogP) is 2.74. The van der Waals surface area contributed by atoms with Gasteiger partial charge in [-0.1, -0.05) is 20.8 Å². The fourth-order valence-electron chi connectivity index (χ4n) is 0.975. The zero-order valence-corrected chi connectivity index (χ0v) is 10.3. The number of carbonyl (C=O) groups excluding carboxylic acids is 1. The van der Waals surface area contributed by atoms with Crippen LogP contribution >= 0.6 is 15.9 Å². The first-order valence-corrected chi connectivity index (χ1v) is 5.15. The van der Waals surface area contributed by atoms with Gasteiger partial charge in [-0.25, -0.2) is 9.97 Å². The number of ketones is 1. The van der Waals surface area contributed by atoms with E-state index in [1.165, 1.54) is 6.92 Å². The number of hydrogen-bond acceptors (Lipinski definition) is 3. The van der Waals surface area contributed by atoms with Crippen LogP contribution in [-0.2, 0) is 5.41 Å². The molecule has 0 unspecified atom stereocenters. The van der Waals surface area contributed by atoms with Crippen LogP contribution in [-0.4, -0.2) is 15.8 Å². The lowest BCUT2D eigenvalue weighted by Gasteiger charge is -2.16. The second-order valence-electron chi connectivity index (χ2n) is 4.20. The third kappa shape index (κ3) is 2.38. The van der Waals surface area contributed by atoms with Crippen LogP contribution in [0.4, 0.5) is 0 Å². The second kappa shape index (κ2) is 3.77. The highest BCUT2D eigenvalue weighted by Crippen LogP contribution is 2.21. The summed E-state index contributed by atoms with van der Waals surface area (Å²) < 4.78 is 0.651. The highest BCUT2D eigenvalue weighted by molar-refractivity contribution is 9.10. The molecule has 76 valence electrons. The molecule has 0 N–H and O–H groups in total. The van der Waals surface area contributed by atoms with Gasteiger partial charge in [-0.15, -0.1) is 0 Å². The highest BCUT2D eigenvalue weighted by atomic mass is 79.9. The lowest BCUT2D eigenvalue weighted by molar-refractivity contribution is 0.101. The number of halogens is 1. The van der Waals surface area contributed by atoms with Gasteiger partial charge in [0.15, 0.2) is 5.78 Å². The van der Waals surface area contributed by atoms with Crippen LogP contribution in [0.15, 0.2) is 10.7 Å². The Morgan fingerprint density at radius 1 is 1.43 bits per heavy atom. The monoisotopic (exact) mass is 256 g/mol. The Balaban J connectivity index is 3.27. The molecule has 3 nitrogen and oxygen atoms in total. The molecule has 0 radical (unpaired) electrons. The molecule has 1 aromatic heterocycles. The quantitative estimate of drug-likeness (QED) is 0.726. The molecule has 0 fully saturated rings. The first-order chi connectivity index (χ1) is 6.32. The van der Waals surface area contributed by atoms with Crippen molar-refractivity contribution in [3.8, 4) is 0 Å². The molecule has 14 heavy (non-hydrogen) atoms. The number of Topliss-reactive ketones (excluding diaryl/α,β-unsaturated/α-hetero) is 1. The fourth-order valence-corrected chi connectivity index (χ4v) is 1.45. The van der Waals surface area contributed by atoms with E-state index in [2.05, 4.69) is 25.9 Å². The fraction of sp³-hybridized carbons (Fsp3) is 0.500. The van der Waals surface area contributed by atoms with E-state index in [0.717, 1.165) is 0 Å². The zero-order valence-electron chi connectivity index (χ0n) is 8.76. The maximum Gasteiger partial charge on any atom is 0.179 e. The molecule has 0 aliphatic carbocycles. The Morgan fingerprint density at radius 2 is 2.00 bits per heavy atom. The van der Waals surface area contributed by atoms with Gasteiger partial charge < -0.3 is 0 Å². The van der Waals surface area contributed by atoms with Gasteiger partial charge in [-0.05, 0) is 15.9 Å². The summed E-state index contributed by atoms with van der Waals surface area (Å²) in [5.41, 5.74) is 0.315. The molecule has 0 aliphatic heterocycles. The Bertz CT molecular complexity index is 369. The molecule has 0 bridgehead atoms. The Morgan fingerprint density at radius 3 is 2.43 bits per heavy atom. The van der Waals surface area contributed by atoms with Crippen molar-refractivity contribution >= 4 is 21.7 Å². The molecule has 1 rings (SSSR count). The average molecular weight is 257 g/mol. The van der Waals surface area contributed by atoms with Gasteiger partial charge in [0.25, 0.3) is 0 Å². The largest absolute Gasteiger partial charge is 0.293 e. The number of aromatic nitrogens is 2. The van der Waals surface area contributed by atoms with Crippen molar-refractivity contribution in [2.45, 2.75) is 33.1 Å². The van der Waals surface area contributed by atoms with Crippen LogP contribution in [0.25, 0.3) is 0 Å². The summed E-state index contributed by atoms with van der Waals surface area (Å²) in [5.74, 6) is 0.635. The van der Waals surface area contributed by atoms with Gasteiger partial charge in [-0.2, -0.15) is 0 Å². The van der Waals surface area contributed by atoms with E-state index in [-0.39, 0.29) is 11.2 Å². The van der Waals surface area contributed by atoms with Crippen molar-refractivity contribution < 1.29 is 4.79 Å². The number of rotatable bonds is 1. The summed E-state index contributed by atoms with van der Waals surface area (Å²) >= 11 is 3.25. The summed E-state index contributed by atoms with van der Waals surface area (Å²) in [4.78, 5) is 19.6. The minimum absolute atomic E-state index is 0.0511. The maximum absolute atomic E-state index is 11.2. The average Bonchev–Trinajstić information content (AvgIpc) is 2.02. The molecule has 1 aromatic rings. The van der Waals surface area contributed by atoms with Crippen LogP contribution < -0.4 is 0 Å². The predicted molar refractivity (Wildman–Crippen MR) is 58.4 cm³/mol. The van der Waals surface area contributed by atoms with Crippen molar-refractivity contribution in [3.05, 3.63) is 22.2 Å². The van der Waals surface area contributed by atoms with Crippen molar-refractivity contribution in [1.29, 1.82) is 0 Å². The van der Waals surface area contributed by atoms with E-state index in [4.69, 9.17) is 0 Å². The molecule has 0 atom stereocenters. The third-order valence-electron chi connectivity index (χ3n) is 1.75. The molecule has 4 heteroatoms. The van der Waals surface area contributed by atoms with Gasteiger partial charge in [0, 0.05) is 18.5 Å². The summed E-state index contributed by atoms with van der Waals surface area (Å²) in [6, 6.07) is 0. The van der Waals surface area contributed by atoms with Crippen molar-refractivity contribution in [2.24, 2.45) is 0 Å². The van der Waals surface area contributed by atoms with E-state index in [0.29, 0.717) is 16.0 Å². The van der Waals surface area contributed by atoms with Crippen LogP contribution in [0.5, 0.6) is 0 Å². The minimum Gasteiger partial charge on any atom is -0.293 e. The number of carbonyl (C=O) groups is 1. The van der Waals surface area contributed by atoms with Gasteiger partial charge in [-0.3, -0.25) is 4.79 Å².